The Balaban J connectivity index is 1.72. The van der Waals surface area contributed by atoms with Gasteiger partial charge in [0.15, 0.2) is 5.78 Å². The highest BCUT2D eigenvalue weighted by molar-refractivity contribution is 7.13. The van der Waals surface area contributed by atoms with Crippen molar-refractivity contribution < 1.29 is 14.4 Å². The van der Waals surface area contributed by atoms with Gasteiger partial charge in [-0.2, -0.15) is 0 Å². The molecule has 0 spiro atoms. The summed E-state index contributed by atoms with van der Waals surface area (Å²) >= 11 is 6.94. The van der Waals surface area contributed by atoms with Crippen molar-refractivity contribution in [2.75, 3.05) is 30.4 Å². The van der Waals surface area contributed by atoms with E-state index in [1.54, 1.807) is 0 Å². The minimum Gasteiger partial charge on any atom is -0.355 e. The number of rotatable bonds is 8. The zero-order valence-corrected chi connectivity index (χ0v) is 22.4. The van der Waals surface area contributed by atoms with Crippen LogP contribution in [0.25, 0.3) is 0 Å². The van der Waals surface area contributed by atoms with E-state index in [1.165, 1.54) is 26.2 Å². The second kappa shape index (κ2) is 10.4. The van der Waals surface area contributed by atoms with E-state index in [4.69, 9.17) is 11.6 Å². The van der Waals surface area contributed by atoms with E-state index in [1.807, 2.05) is 29.2 Å². The second-order valence-corrected chi connectivity index (χ2v) is 10.6. The minimum atomic E-state index is -0.986. The summed E-state index contributed by atoms with van der Waals surface area (Å²) in [4.78, 5) is 55.8. The van der Waals surface area contributed by atoms with Gasteiger partial charge in [0.25, 0.3) is 5.91 Å². The first-order valence-corrected chi connectivity index (χ1v) is 12.9. The molecule has 2 aromatic heterocycles. The molecule has 3 aromatic rings. The summed E-state index contributed by atoms with van der Waals surface area (Å²) in [5.41, 5.74) is 1.33. The van der Waals surface area contributed by atoms with Crippen LogP contribution >= 0.6 is 22.9 Å². The van der Waals surface area contributed by atoms with Crippen molar-refractivity contribution in [3.05, 3.63) is 68.0 Å². The number of halogens is 1. The van der Waals surface area contributed by atoms with E-state index in [2.05, 4.69) is 34.6 Å². The Bertz CT molecular complexity index is 1430. The van der Waals surface area contributed by atoms with E-state index in [-0.39, 0.29) is 58.5 Å². The summed E-state index contributed by atoms with van der Waals surface area (Å²) in [5.74, 6) is -0.751. The van der Waals surface area contributed by atoms with Crippen LogP contribution in [0, 0.1) is 0 Å². The Hall–Kier alpha value is -3.57. The molecule has 0 radical (unpaired) electrons. The number of carbonyl (C=O) groups excluding carboxylic acids is 3. The van der Waals surface area contributed by atoms with Gasteiger partial charge in [0.1, 0.15) is 17.1 Å². The Morgan fingerprint density at radius 1 is 1.22 bits per heavy atom. The van der Waals surface area contributed by atoms with Gasteiger partial charge in [0, 0.05) is 20.1 Å². The Kier molecular flexibility index (Phi) is 7.47. The van der Waals surface area contributed by atoms with E-state index in [0.717, 1.165) is 27.1 Å². The lowest BCUT2D eigenvalue weighted by atomic mass is 9.70. The monoisotopic (exact) mass is 542 g/mol. The molecule has 4 rings (SSSR count). The average molecular weight is 543 g/mol. The van der Waals surface area contributed by atoms with E-state index >= 15 is 0 Å². The van der Waals surface area contributed by atoms with E-state index < -0.39 is 11.3 Å². The standard InChI is InChI=1S/C25H27ClN6O4S/c1-14(2)16-7-5-6-8-18(16)25(12-31(13-25)23-30-32(11-15(3)33)24(36)37-23)22(35)29-19-10-28-20(26)9-17(19)21(34)27-4/h5-10,14H,11-13H2,1-4H3,(H,27,34)(H,29,35). The van der Waals surface area contributed by atoms with Gasteiger partial charge in [-0.15, -0.1) is 5.10 Å². The normalized spacial score (nSPS) is 14.3. The first-order chi connectivity index (χ1) is 17.6. The van der Waals surface area contributed by atoms with Gasteiger partial charge in [0.2, 0.25) is 11.0 Å². The number of nitrogens with zero attached hydrogens (tertiary/aromatic N) is 4. The maximum Gasteiger partial charge on any atom is 0.327 e. The van der Waals surface area contributed by atoms with Crippen molar-refractivity contribution in [2.45, 2.75) is 38.6 Å². The Morgan fingerprint density at radius 2 is 1.92 bits per heavy atom. The predicted molar refractivity (Wildman–Crippen MR) is 143 cm³/mol. The molecule has 0 unspecified atom stereocenters. The summed E-state index contributed by atoms with van der Waals surface area (Å²) < 4.78 is 1.14. The first-order valence-electron chi connectivity index (χ1n) is 11.7. The molecule has 37 heavy (non-hydrogen) atoms. The predicted octanol–water partition coefficient (Wildman–Crippen LogP) is 2.82. The van der Waals surface area contributed by atoms with Crippen molar-refractivity contribution in [2.24, 2.45) is 0 Å². The molecule has 1 fully saturated rings. The highest BCUT2D eigenvalue weighted by atomic mass is 35.5. The molecule has 0 saturated carbocycles. The molecule has 10 nitrogen and oxygen atoms in total. The third-order valence-corrected chi connectivity index (χ3v) is 7.40. The number of benzene rings is 1. The number of anilines is 2. The van der Waals surface area contributed by atoms with Crippen molar-refractivity contribution in [1.82, 2.24) is 20.1 Å². The topological polar surface area (TPSA) is 126 Å². The number of nitrogens with one attached hydrogen (secondary N) is 2. The third kappa shape index (κ3) is 5.14. The van der Waals surface area contributed by atoms with Crippen LogP contribution in [0.15, 0.2) is 41.3 Å². The number of hydrogen-bond acceptors (Lipinski definition) is 8. The van der Waals surface area contributed by atoms with Crippen LogP contribution < -0.4 is 20.4 Å². The number of Topliss-reactive ketones (excluding diaryl/α,β-unsaturated/α-hetero) is 1. The molecular weight excluding hydrogens is 516 g/mol. The van der Waals surface area contributed by atoms with Gasteiger partial charge >= 0.3 is 4.87 Å². The maximum atomic E-state index is 14.0. The molecule has 0 atom stereocenters. The number of aromatic nitrogens is 3. The highest BCUT2D eigenvalue weighted by Gasteiger charge is 2.53. The summed E-state index contributed by atoms with van der Waals surface area (Å²) in [6.07, 6.45) is 1.36. The Morgan fingerprint density at radius 3 is 2.57 bits per heavy atom. The van der Waals surface area contributed by atoms with Gasteiger partial charge in [-0.05, 0) is 41.4 Å². The third-order valence-electron chi connectivity index (χ3n) is 6.28. The molecule has 0 bridgehead atoms. The summed E-state index contributed by atoms with van der Waals surface area (Å²) in [6, 6.07) is 9.15. The minimum absolute atomic E-state index is 0.100. The van der Waals surface area contributed by atoms with Crippen molar-refractivity contribution in [1.29, 1.82) is 0 Å². The number of hydrogen-bond donors (Lipinski definition) is 2. The van der Waals surface area contributed by atoms with Gasteiger partial charge in [-0.3, -0.25) is 19.2 Å². The first kappa shape index (κ1) is 26.5. The van der Waals surface area contributed by atoms with Crippen LogP contribution in [-0.4, -0.2) is 52.5 Å². The second-order valence-electron chi connectivity index (χ2n) is 9.28. The molecule has 2 amide bonds. The lowest BCUT2D eigenvalue weighted by molar-refractivity contribution is -0.122. The highest BCUT2D eigenvalue weighted by Crippen LogP contribution is 2.42. The van der Waals surface area contributed by atoms with Crippen molar-refractivity contribution >= 4 is 51.4 Å². The summed E-state index contributed by atoms with van der Waals surface area (Å²) in [5, 5.41) is 10.3. The number of amides is 2. The number of ketones is 1. The summed E-state index contributed by atoms with van der Waals surface area (Å²) in [7, 11) is 1.49. The lowest BCUT2D eigenvalue weighted by Gasteiger charge is -2.49. The summed E-state index contributed by atoms with van der Waals surface area (Å²) in [6.45, 7) is 5.92. The molecular formula is C25H27ClN6O4S. The van der Waals surface area contributed by atoms with Gasteiger partial charge in [0.05, 0.1) is 17.4 Å². The molecule has 194 valence electrons. The largest absolute Gasteiger partial charge is 0.355 e. The van der Waals surface area contributed by atoms with Crippen molar-refractivity contribution in [3.8, 4) is 0 Å². The van der Waals surface area contributed by atoms with Gasteiger partial charge in [-0.25, -0.2) is 9.67 Å². The van der Waals surface area contributed by atoms with Crippen LogP contribution in [0.2, 0.25) is 5.15 Å². The molecule has 1 saturated heterocycles. The Labute approximate surface area is 222 Å². The molecule has 1 aliphatic heterocycles. The quantitative estimate of drug-likeness (QED) is 0.419. The molecule has 12 heteroatoms. The average Bonchev–Trinajstić information content (AvgIpc) is 3.18. The molecule has 1 aromatic carbocycles. The fraction of sp³-hybridized carbons (Fsp3) is 0.360. The number of pyridine rings is 1. The fourth-order valence-corrected chi connectivity index (χ4v) is 5.36. The maximum absolute atomic E-state index is 14.0. The molecule has 0 aliphatic carbocycles. The van der Waals surface area contributed by atoms with Crippen LogP contribution in [0.1, 0.15) is 48.2 Å². The van der Waals surface area contributed by atoms with Gasteiger partial charge in [-0.1, -0.05) is 49.7 Å². The van der Waals surface area contributed by atoms with Crippen LogP contribution in [0.3, 0.4) is 0 Å². The van der Waals surface area contributed by atoms with Crippen molar-refractivity contribution in [3.63, 3.8) is 0 Å². The van der Waals surface area contributed by atoms with Gasteiger partial charge < -0.3 is 15.5 Å². The smallest absolute Gasteiger partial charge is 0.327 e. The van der Waals surface area contributed by atoms with Crippen LogP contribution in [0.4, 0.5) is 10.8 Å². The number of carbonyl (C=O) groups is 3. The van der Waals surface area contributed by atoms with E-state index in [9.17, 15) is 19.2 Å². The molecule has 2 N–H and O–H groups in total. The molecule has 1 aliphatic rings. The van der Waals surface area contributed by atoms with E-state index in [0.29, 0.717) is 5.13 Å². The zero-order chi connectivity index (χ0) is 26.9. The van der Waals surface area contributed by atoms with Crippen LogP contribution in [0.5, 0.6) is 0 Å². The lowest BCUT2D eigenvalue weighted by Crippen LogP contribution is -2.65. The SMILES string of the molecule is CNC(=O)c1cc(Cl)ncc1NC(=O)C1(c2ccccc2C(C)C)CN(c2nn(CC(C)=O)c(=O)s2)C1. The van der Waals surface area contributed by atoms with Crippen LogP contribution in [-0.2, 0) is 21.5 Å². The molecule has 3 heterocycles. The fourth-order valence-electron chi connectivity index (χ4n) is 4.44. The zero-order valence-electron chi connectivity index (χ0n) is 20.9.